The van der Waals surface area contributed by atoms with Gasteiger partial charge in [-0.05, 0) is 65.0 Å². The van der Waals surface area contributed by atoms with Gasteiger partial charge in [-0.15, -0.1) is 0 Å². The van der Waals surface area contributed by atoms with Gasteiger partial charge in [0.15, 0.2) is 0 Å². The van der Waals surface area contributed by atoms with Crippen LogP contribution in [-0.4, -0.2) is 37.6 Å². The smallest absolute Gasteiger partial charge is 0.0406 e. The summed E-state index contributed by atoms with van der Waals surface area (Å²) in [5, 5.41) is 4.44. The van der Waals surface area contributed by atoms with Gasteiger partial charge in [-0.1, -0.05) is 23.7 Å². The Morgan fingerprint density at radius 2 is 1.72 bits per heavy atom. The van der Waals surface area contributed by atoms with Gasteiger partial charge < -0.3 is 10.2 Å². The summed E-state index contributed by atoms with van der Waals surface area (Å²) in [7, 11) is 4.23. The first-order valence-corrected chi connectivity index (χ1v) is 7.00. The number of halogens is 1. The topological polar surface area (TPSA) is 15.3 Å². The standard InChI is InChI=1S/C15H25ClN2/c1-12(9-10-18(3)4)17-13(2)11-14-5-7-15(16)8-6-14/h5-8,12-13,17H,9-11H2,1-4H3. The molecule has 0 saturated carbocycles. The zero-order valence-corrected chi connectivity index (χ0v) is 12.7. The quantitative estimate of drug-likeness (QED) is 0.817. The van der Waals surface area contributed by atoms with E-state index in [1.165, 1.54) is 12.0 Å². The van der Waals surface area contributed by atoms with E-state index in [4.69, 9.17) is 11.6 Å². The summed E-state index contributed by atoms with van der Waals surface area (Å²) in [4.78, 5) is 2.22. The number of rotatable bonds is 7. The Morgan fingerprint density at radius 1 is 1.11 bits per heavy atom. The summed E-state index contributed by atoms with van der Waals surface area (Å²) in [5.74, 6) is 0. The minimum Gasteiger partial charge on any atom is -0.311 e. The molecule has 0 aliphatic rings. The van der Waals surface area contributed by atoms with E-state index in [-0.39, 0.29) is 0 Å². The van der Waals surface area contributed by atoms with Gasteiger partial charge in [-0.3, -0.25) is 0 Å². The van der Waals surface area contributed by atoms with E-state index >= 15 is 0 Å². The average molecular weight is 269 g/mol. The molecule has 0 saturated heterocycles. The van der Waals surface area contributed by atoms with Crippen LogP contribution in [0.1, 0.15) is 25.8 Å². The van der Waals surface area contributed by atoms with E-state index in [2.05, 4.69) is 50.3 Å². The number of nitrogens with zero attached hydrogens (tertiary/aromatic N) is 1. The lowest BCUT2D eigenvalue weighted by molar-refractivity contribution is 0.352. The zero-order chi connectivity index (χ0) is 13.5. The normalized spacial score (nSPS) is 14.8. The highest BCUT2D eigenvalue weighted by atomic mass is 35.5. The molecule has 0 amide bonds. The fourth-order valence-corrected chi connectivity index (χ4v) is 2.18. The summed E-state index contributed by atoms with van der Waals surface area (Å²) in [6.07, 6.45) is 2.22. The Balaban J connectivity index is 2.32. The average Bonchev–Trinajstić information content (AvgIpc) is 2.29. The third-order valence-electron chi connectivity index (χ3n) is 3.03. The highest BCUT2D eigenvalue weighted by Gasteiger charge is 2.08. The molecule has 0 heterocycles. The first-order valence-electron chi connectivity index (χ1n) is 6.62. The molecule has 0 bridgehead atoms. The van der Waals surface area contributed by atoms with Crippen LogP contribution in [0.15, 0.2) is 24.3 Å². The number of hydrogen-bond acceptors (Lipinski definition) is 2. The van der Waals surface area contributed by atoms with Gasteiger partial charge >= 0.3 is 0 Å². The van der Waals surface area contributed by atoms with E-state index in [1.54, 1.807) is 0 Å². The molecule has 18 heavy (non-hydrogen) atoms. The molecule has 2 nitrogen and oxygen atoms in total. The largest absolute Gasteiger partial charge is 0.311 e. The second-order valence-electron chi connectivity index (χ2n) is 5.39. The summed E-state index contributed by atoms with van der Waals surface area (Å²) >= 11 is 5.88. The molecule has 1 aromatic rings. The maximum Gasteiger partial charge on any atom is 0.0406 e. The predicted octanol–water partition coefficient (Wildman–Crippen LogP) is 3.20. The third kappa shape index (κ3) is 6.39. The summed E-state index contributed by atoms with van der Waals surface area (Å²) in [5.41, 5.74) is 1.33. The fourth-order valence-electron chi connectivity index (χ4n) is 2.05. The molecule has 0 spiro atoms. The van der Waals surface area contributed by atoms with Crippen LogP contribution in [0, 0.1) is 0 Å². The van der Waals surface area contributed by atoms with Crippen molar-refractivity contribution < 1.29 is 0 Å². The molecule has 102 valence electrons. The van der Waals surface area contributed by atoms with Gasteiger partial charge in [0.1, 0.15) is 0 Å². The molecule has 1 rings (SSSR count). The highest BCUT2D eigenvalue weighted by molar-refractivity contribution is 6.30. The minimum absolute atomic E-state index is 0.489. The number of nitrogens with one attached hydrogen (secondary N) is 1. The van der Waals surface area contributed by atoms with Crippen LogP contribution >= 0.6 is 11.6 Å². The lowest BCUT2D eigenvalue weighted by atomic mass is 10.1. The van der Waals surface area contributed by atoms with Crippen molar-refractivity contribution in [2.24, 2.45) is 0 Å². The van der Waals surface area contributed by atoms with Gasteiger partial charge in [-0.2, -0.15) is 0 Å². The Bertz CT molecular complexity index is 335. The first-order chi connectivity index (χ1) is 8.47. The molecule has 1 N–H and O–H groups in total. The van der Waals surface area contributed by atoms with E-state index < -0.39 is 0 Å². The maximum atomic E-state index is 5.88. The maximum absolute atomic E-state index is 5.88. The van der Waals surface area contributed by atoms with Crippen molar-refractivity contribution in [2.45, 2.75) is 38.8 Å². The molecule has 0 radical (unpaired) electrons. The van der Waals surface area contributed by atoms with E-state index in [0.717, 1.165) is 18.0 Å². The SMILES string of the molecule is CC(CCN(C)C)NC(C)Cc1ccc(Cl)cc1. The van der Waals surface area contributed by atoms with Gasteiger partial charge in [0.25, 0.3) is 0 Å². The zero-order valence-electron chi connectivity index (χ0n) is 11.9. The van der Waals surface area contributed by atoms with Crippen molar-refractivity contribution in [3.05, 3.63) is 34.9 Å². The van der Waals surface area contributed by atoms with Crippen molar-refractivity contribution in [3.63, 3.8) is 0 Å². The Kier molecular flexibility index (Phi) is 6.69. The molecule has 0 aliphatic heterocycles. The Morgan fingerprint density at radius 3 is 2.28 bits per heavy atom. The third-order valence-corrected chi connectivity index (χ3v) is 3.29. The van der Waals surface area contributed by atoms with Gasteiger partial charge in [0.05, 0.1) is 0 Å². The van der Waals surface area contributed by atoms with Gasteiger partial charge in [0, 0.05) is 17.1 Å². The lowest BCUT2D eigenvalue weighted by Crippen LogP contribution is -2.37. The molecule has 0 aromatic heterocycles. The second-order valence-corrected chi connectivity index (χ2v) is 5.83. The summed E-state index contributed by atoms with van der Waals surface area (Å²) in [6.45, 7) is 5.62. The van der Waals surface area contributed by atoms with Crippen LogP contribution in [0.3, 0.4) is 0 Å². The second kappa shape index (κ2) is 7.78. The molecule has 3 heteroatoms. The Hall–Kier alpha value is -0.570. The molecule has 0 fully saturated rings. The predicted molar refractivity (Wildman–Crippen MR) is 80.4 cm³/mol. The molecule has 2 unspecified atom stereocenters. The van der Waals surface area contributed by atoms with E-state index in [0.29, 0.717) is 12.1 Å². The van der Waals surface area contributed by atoms with Crippen molar-refractivity contribution in [1.29, 1.82) is 0 Å². The first kappa shape index (κ1) is 15.5. The van der Waals surface area contributed by atoms with Crippen LogP contribution in [0.5, 0.6) is 0 Å². The Labute approximate surface area is 116 Å². The van der Waals surface area contributed by atoms with Gasteiger partial charge in [0.2, 0.25) is 0 Å². The highest BCUT2D eigenvalue weighted by Crippen LogP contribution is 2.11. The lowest BCUT2D eigenvalue weighted by Gasteiger charge is -2.21. The molecule has 2 atom stereocenters. The van der Waals surface area contributed by atoms with E-state index in [9.17, 15) is 0 Å². The monoisotopic (exact) mass is 268 g/mol. The van der Waals surface area contributed by atoms with E-state index in [1.807, 2.05) is 12.1 Å². The van der Waals surface area contributed by atoms with Crippen molar-refractivity contribution in [2.75, 3.05) is 20.6 Å². The van der Waals surface area contributed by atoms with Gasteiger partial charge in [-0.25, -0.2) is 0 Å². The molecule has 1 aromatic carbocycles. The van der Waals surface area contributed by atoms with Crippen molar-refractivity contribution >= 4 is 11.6 Å². The summed E-state index contributed by atoms with van der Waals surface area (Å²) < 4.78 is 0. The van der Waals surface area contributed by atoms with Crippen molar-refractivity contribution in [1.82, 2.24) is 10.2 Å². The van der Waals surface area contributed by atoms with Crippen LogP contribution in [0.4, 0.5) is 0 Å². The molecular weight excluding hydrogens is 244 g/mol. The summed E-state index contributed by atoms with van der Waals surface area (Å²) in [6, 6.07) is 9.16. The van der Waals surface area contributed by atoms with Crippen LogP contribution in [-0.2, 0) is 6.42 Å². The number of benzene rings is 1. The minimum atomic E-state index is 0.489. The fraction of sp³-hybridized carbons (Fsp3) is 0.600. The molecular formula is C15H25ClN2. The van der Waals surface area contributed by atoms with Crippen LogP contribution < -0.4 is 5.32 Å². The molecule has 0 aliphatic carbocycles. The van der Waals surface area contributed by atoms with Crippen molar-refractivity contribution in [3.8, 4) is 0 Å². The number of hydrogen-bond donors (Lipinski definition) is 1. The van der Waals surface area contributed by atoms with Crippen LogP contribution in [0.25, 0.3) is 0 Å². The van der Waals surface area contributed by atoms with Crippen LogP contribution in [0.2, 0.25) is 5.02 Å².